The minimum absolute atomic E-state index is 0.0945. The largest absolute Gasteiger partial charge is 0.478 e. The predicted molar refractivity (Wildman–Crippen MR) is 119 cm³/mol. The number of hydrogen-bond acceptors (Lipinski definition) is 6. The van der Waals surface area contributed by atoms with Gasteiger partial charge in [0.15, 0.2) is 11.9 Å². The van der Waals surface area contributed by atoms with E-state index in [1.54, 1.807) is 11.9 Å². The Morgan fingerprint density at radius 1 is 1.23 bits per heavy atom. The average molecular weight is 421 g/mol. The lowest BCUT2D eigenvalue weighted by atomic mass is 9.87. The van der Waals surface area contributed by atoms with Crippen LogP contribution in [0.25, 0.3) is 0 Å². The molecule has 7 nitrogen and oxygen atoms in total. The number of fused-ring (bicyclic) bond motifs is 1. The van der Waals surface area contributed by atoms with Gasteiger partial charge < -0.3 is 15.2 Å². The molecule has 0 spiro atoms. The third kappa shape index (κ3) is 3.96. The predicted octanol–water partition coefficient (Wildman–Crippen LogP) is 3.68. The Bertz CT molecular complexity index is 1040. The van der Waals surface area contributed by atoms with Crippen molar-refractivity contribution < 1.29 is 14.6 Å². The molecule has 0 saturated carbocycles. The molecule has 0 saturated heterocycles. The molecule has 1 aliphatic carbocycles. The third-order valence-corrected chi connectivity index (χ3v) is 5.79. The molecule has 1 aromatic carbocycles. The lowest BCUT2D eigenvalue weighted by Gasteiger charge is -2.20. The van der Waals surface area contributed by atoms with E-state index in [4.69, 9.17) is 4.74 Å². The first-order chi connectivity index (χ1) is 15.0. The lowest BCUT2D eigenvalue weighted by molar-refractivity contribution is -0.121. The fourth-order valence-corrected chi connectivity index (χ4v) is 4.11. The number of hydrogen-bond donors (Lipinski definition) is 2. The number of nitrogens with zero attached hydrogens (tertiary/aromatic N) is 3. The lowest BCUT2D eigenvalue weighted by Crippen LogP contribution is -2.33. The summed E-state index contributed by atoms with van der Waals surface area (Å²) in [5, 5.41) is 12.6. The van der Waals surface area contributed by atoms with Crippen LogP contribution in [0.15, 0.2) is 24.3 Å². The molecule has 0 radical (unpaired) electrons. The highest BCUT2D eigenvalue weighted by molar-refractivity contribution is 6.12. The Kier molecular flexibility index (Phi) is 5.84. The number of amides is 1. The van der Waals surface area contributed by atoms with E-state index in [1.807, 2.05) is 38.1 Å². The van der Waals surface area contributed by atoms with Gasteiger partial charge in [0.05, 0.1) is 16.7 Å². The van der Waals surface area contributed by atoms with E-state index >= 15 is 0 Å². The van der Waals surface area contributed by atoms with Crippen LogP contribution in [-0.4, -0.2) is 34.1 Å². The Morgan fingerprint density at radius 3 is 2.71 bits per heavy atom. The number of aliphatic hydroxyl groups is 1. The summed E-state index contributed by atoms with van der Waals surface area (Å²) in [5.74, 6) is 8.35. The Hall–Kier alpha value is -3.11. The Morgan fingerprint density at radius 2 is 2.00 bits per heavy atom. The highest BCUT2D eigenvalue weighted by Gasteiger charge is 2.48. The van der Waals surface area contributed by atoms with E-state index < -0.39 is 5.41 Å². The van der Waals surface area contributed by atoms with Crippen molar-refractivity contribution in [3.8, 4) is 17.6 Å². The molecule has 2 aromatic rings. The first kappa shape index (κ1) is 21.1. The molecule has 4 rings (SSSR count). The van der Waals surface area contributed by atoms with Crippen LogP contribution in [-0.2, 0) is 16.8 Å². The summed E-state index contributed by atoms with van der Waals surface area (Å²) >= 11 is 0. The van der Waals surface area contributed by atoms with Gasteiger partial charge in [0.2, 0.25) is 5.91 Å². The quantitative estimate of drug-likeness (QED) is 0.718. The van der Waals surface area contributed by atoms with Gasteiger partial charge in [0.1, 0.15) is 24.0 Å². The van der Waals surface area contributed by atoms with Gasteiger partial charge in [0, 0.05) is 13.5 Å². The fourth-order valence-electron chi connectivity index (χ4n) is 4.11. The van der Waals surface area contributed by atoms with Gasteiger partial charge in [-0.25, -0.2) is 9.97 Å². The number of benzene rings is 1. The van der Waals surface area contributed by atoms with E-state index in [-0.39, 0.29) is 24.4 Å². The number of aliphatic hydroxyl groups excluding tert-OH is 1. The Labute approximate surface area is 182 Å². The van der Waals surface area contributed by atoms with Crippen LogP contribution in [0.4, 0.5) is 17.3 Å². The Balaban J connectivity index is 1.65. The first-order valence-corrected chi connectivity index (χ1v) is 10.8. The molecule has 31 heavy (non-hydrogen) atoms. The van der Waals surface area contributed by atoms with Crippen molar-refractivity contribution in [1.82, 2.24) is 9.97 Å². The maximum Gasteiger partial charge on any atom is 0.243 e. The maximum absolute atomic E-state index is 13.3. The number of anilines is 3. The average Bonchev–Trinajstić information content (AvgIpc) is 2.95. The summed E-state index contributed by atoms with van der Waals surface area (Å²) in [6.07, 6.45) is 5.22. The second-order valence-electron chi connectivity index (χ2n) is 8.38. The van der Waals surface area contributed by atoms with Gasteiger partial charge in [-0.05, 0) is 57.4 Å². The zero-order valence-electron chi connectivity index (χ0n) is 18.2. The summed E-state index contributed by atoms with van der Waals surface area (Å²) < 4.78 is 6.07. The smallest absolute Gasteiger partial charge is 0.243 e. The van der Waals surface area contributed by atoms with Crippen LogP contribution in [0.1, 0.15) is 57.3 Å². The minimum Gasteiger partial charge on any atom is -0.478 e. The monoisotopic (exact) mass is 420 g/mol. The molecule has 0 bridgehead atoms. The molecular weight excluding hydrogens is 392 g/mol. The molecular formula is C24H28N4O3. The molecule has 1 atom stereocenters. The van der Waals surface area contributed by atoms with Crippen LogP contribution < -0.4 is 15.0 Å². The summed E-state index contributed by atoms with van der Waals surface area (Å²) in [5.41, 5.74) is 0.616. The fraction of sp³-hybridized carbons (Fsp3) is 0.458. The van der Waals surface area contributed by atoms with Crippen molar-refractivity contribution >= 4 is 23.2 Å². The van der Waals surface area contributed by atoms with Gasteiger partial charge >= 0.3 is 0 Å². The second-order valence-corrected chi connectivity index (χ2v) is 8.38. The van der Waals surface area contributed by atoms with Gasteiger partial charge in [0.25, 0.3) is 0 Å². The number of aromatic nitrogens is 2. The number of rotatable bonds is 5. The van der Waals surface area contributed by atoms with Gasteiger partial charge in [-0.15, -0.1) is 0 Å². The first-order valence-electron chi connectivity index (χ1n) is 10.8. The summed E-state index contributed by atoms with van der Waals surface area (Å²) in [4.78, 5) is 23.8. The van der Waals surface area contributed by atoms with Crippen LogP contribution in [0.2, 0.25) is 0 Å². The zero-order valence-corrected chi connectivity index (χ0v) is 18.2. The topological polar surface area (TPSA) is 87.6 Å². The van der Waals surface area contributed by atoms with E-state index in [2.05, 4.69) is 27.1 Å². The van der Waals surface area contributed by atoms with E-state index in [0.717, 1.165) is 37.0 Å². The molecule has 2 N–H and O–H groups in total. The molecule has 162 valence electrons. The number of carbonyl (C=O) groups is 1. The van der Waals surface area contributed by atoms with Crippen molar-refractivity contribution in [1.29, 1.82) is 0 Å². The molecule has 0 fully saturated rings. The van der Waals surface area contributed by atoms with Crippen molar-refractivity contribution in [2.75, 3.05) is 17.3 Å². The highest BCUT2D eigenvalue weighted by Crippen LogP contribution is 2.47. The molecule has 1 aliphatic heterocycles. The van der Waals surface area contributed by atoms with Crippen LogP contribution >= 0.6 is 0 Å². The SMILES string of the molecule is CNc1nc(CO)nc2c1C(C)(C)C(=O)N2c1ccc(OC2C#CCCCCC2)cc1. The van der Waals surface area contributed by atoms with Crippen LogP contribution in [0, 0.1) is 11.8 Å². The van der Waals surface area contributed by atoms with Crippen molar-refractivity contribution in [2.45, 2.75) is 64.1 Å². The maximum atomic E-state index is 13.3. The van der Waals surface area contributed by atoms with Crippen molar-refractivity contribution in [3.63, 3.8) is 0 Å². The number of carbonyl (C=O) groups excluding carboxylic acids is 1. The van der Waals surface area contributed by atoms with Gasteiger partial charge in [-0.1, -0.05) is 18.3 Å². The van der Waals surface area contributed by atoms with E-state index in [9.17, 15) is 9.90 Å². The van der Waals surface area contributed by atoms with Crippen molar-refractivity contribution in [3.05, 3.63) is 35.7 Å². The number of nitrogens with one attached hydrogen (secondary N) is 1. The minimum atomic E-state index is -0.800. The standard InChI is InChI=1S/C24H28N4O3/c1-24(2)20-21(25-3)26-19(15-29)27-22(20)28(23(24)30)16-11-13-18(14-12-16)31-17-9-7-5-4-6-8-10-17/h11-14,17,29H,4-7,9,15H2,1-3H3,(H,25,26,27). The summed E-state index contributed by atoms with van der Waals surface area (Å²) in [6, 6.07) is 7.44. The highest BCUT2D eigenvalue weighted by atomic mass is 16.5. The van der Waals surface area contributed by atoms with E-state index in [0.29, 0.717) is 17.3 Å². The summed E-state index contributed by atoms with van der Waals surface area (Å²) in [6.45, 7) is 3.42. The van der Waals surface area contributed by atoms with Crippen molar-refractivity contribution in [2.24, 2.45) is 0 Å². The van der Waals surface area contributed by atoms with Gasteiger partial charge in [-0.3, -0.25) is 9.69 Å². The molecule has 7 heteroatoms. The summed E-state index contributed by atoms with van der Waals surface area (Å²) in [7, 11) is 1.75. The molecule has 2 heterocycles. The van der Waals surface area contributed by atoms with E-state index in [1.165, 1.54) is 6.42 Å². The normalized spacial score (nSPS) is 19.7. The molecule has 2 aliphatic rings. The molecule has 1 amide bonds. The number of ether oxygens (including phenoxy) is 1. The van der Waals surface area contributed by atoms with Gasteiger partial charge in [-0.2, -0.15) is 0 Å². The zero-order chi connectivity index (χ0) is 22.0. The molecule has 1 aromatic heterocycles. The molecule has 1 unspecified atom stereocenters. The van der Waals surface area contributed by atoms with Crippen LogP contribution in [0.3, 0.4) is 0 Å². The third-order valence-electron chi connectivity index (χ3n) is 5.79. The second kappa shape index (κ2) is 8.56. The van der Waals surface area contributed by atoms with Crippen LogP contribution in [0.5, 0.6) is 5.75 Å².